The van der Waals surface area contributed by atoms with Crippen LogP contribution < -0.4 is 5.32 Å². The predicted octanol–water partition coefficient (Wildman–Crippen LogP) is 2.72. The van der Waals surface area contributed by atoms with Crippen LogP contribution in [0.1, 0.15) is 52.4 Å². The molecule has 1 N–H and O–H groups in total. The molecule has 0 aromatic heterocycles. The SMILES string of the molecule is CCCCCCC(C)OC1CCNC1. The van der Waals surface area contributed by atoms with Crippen LogP contribution >= 0.6 is 0 Å². The van der Waals surface area contributed by atoms with Crippen LogP contribution in [-0.4, -0.2) is 25.3 Å². The molecule has 1 aliphatic rings. The standard InChI is InChI=1S/C12H25NO/c1-3-4-5-6-7-11(2)14-12-8-9-13-10-12/h11-13H,3-10H2,1-2H3. The van der Waals surface area contributed by atoms with Gasteiger partial charge in [0.2, 0.25) is 0 Å². The summed E-state index contributed by atoms with van der Waals surface area (Å²) in [5, 5.41) is 3.33. The monoisotopic (exact) mass is 199 g/mol. The zero-order valence-electron chi connectivity index (χ0n) is 9.72. The number of ether oxygens (including phenoxy) is 1. The van der Waals surface area contributed by atoms with E-state index in [2.05, 4.69) is 19.2 Å². The van der Waals surface area contributed by atoms with Gasteiger partial charge in [-0.25, -0.2) is 0 Å². The van der Waals surface area contributed by atoms with E-state index < -0.39 is 0 Å². The molecule has 0 bridgehead atoms. The normalized spacial score (nSPS) is 24.0. The highest BCUT2D eigenvalue weighted by Gasteiger charge is 2.17. The number of rotatable bonds is 7. The van der Waals surface area contributed by atoms with Gasteiger partial charge in [0.15, 0.2) is 0 Å². The molecule has 0 aromatic rings. The Balaban J connectivity index is 1.95. The number of nitrogens with one attached hydrogen (secondary N) is 1. The Morgan fingerprint density at radius 1 is 1.36 bits per heavy atom. The Labute approximate surface area is 88.4 Å². The third-order valence-corrected chi connectivity index (χ3v) is 2.90. The zero-order chi connectivity index (χ0) is 10.2. The van der Waals surface area contributed by atoms with E-state index in [1.165, 1.54) is 38.5 Å². The van der Waals surface area contributed by atoms with E-state index in [1.54, 1.807) is 0 Å². The second-order valence-electron chi connectivity index (χ2n) is 4.41. The van der Waals surface area contributed by atoms with Gasteiger partial charge in [-0.3, -0.25) is 0 Å². The Kier molecular flexibility index (Phi) is 6.20. The van der Waals surface area contributed by atoms with Crippen LogP contribution in [0.25, 0.3) is 0 Å². The van der Waals surface area contributed by atoms with Crippen molar-refractivity contribution in [3.8, 4) is 0 Å². The molecule has 2 unspecified atom stereocenters. The van der Waals surface area contributed by atoms with E-state index in [9.17, 15) is 0 Å². The maximum atomic E-state index is 5.93. The number of unbranched alkanes of at least 4 members (excludes halogenated alkanes) is 3. The van der Waals surface area contributed by atoms with Crippen LogP contribution in [0.5, 0.6) is 0 Å². The summed E-state index contributed by atoms with van der Waals surface area (Å²) in [6.07, 6.45) is 8.75. The van der Waals surface area contributed by atoms with Crippen molar-refractivity contribution in [2.75, 3.05) is 13.1 Å². The quantitative estimate of drug-likeness (QED) is 0.637. The minimum atomic E-state index is 0.455. The van der Waals surface area contributed by atoms with Gasteiger partial charge in [-0.05, 0) is 26.3 Å². The number of hydrogen-bond donors (Lipinski definition) is 1. The van der Waals surface area contributed by atoms with E-state index in [-0.39, 0.29) is 0 Å². The van der Waals surface area contributed by atoms with Gasteiger partial charge in [0.1, 0.15) is 0 Å². The van der Waals surface area contributed by atoms with Gasteiger partial charge in [0.05, 0.1) is 12.2 Å². The summed E-state index contributed by atoms with van der Waals surface area (Å²) < 4.78 is 5.93. The first-order valence-electron chi connectivity index (χ1n) is 6.19. The lowest BCUT2D eigenvalue weighted by Crippen LogP contribution is -2.22. The van der Waals surface area contributed by atoms with Crippen molar-refractivity contribution < 1.29 is 4.74 Å². The molecule has 1 aliphatic heterocycles. The summed E-state index contributed by atoms with van der Waals surface area (Å²) >= 11 is 0. The first-order valence-corrected chi connectivity index (χ1v) is 6.19. The molecule has 0 amide bonds. The number of hydrogen-bond acceptors (Lipinski definition) is 2. The molecule has 0 spiro atoms. The molecule has 1 saturated heterocycles. The highest BCUT2D eigenvalue weighted by Crippen LogP contribution is 2.12. The molecule has 0 saturated carbocycles. The molecular weight excluding hydrogens is 174 g/mol. The van der Waals surface area contributed by atoms with Gasteiger partial charge in [-0.2, -0.15) is 0 Å². The van der Waals surface area contributed by atoms with Gasteiger partial charge in [-0.1, -0.05) is 32.6 Å². The topological polar surface area (TPSA) is 21.3 Å². The van der Waals surface area contributed by atoms with Crippen molar-refractivity contribution in [3.05, 3.63) is 0 Å². The molecule has 84 valence electrons. The zero-order valence-corrected chi connectivity index (χ0v) is 9.72. The Hall–Kier alpha value is -0.0800. The van der Waals surface area contributed by atoms with Gasteiger partial charge in [0, 0.05) is 6.54 Å². The van der Waals surface area contributed by atoms with Crippen LogP contribution in [0.4, 0.5) is 0 Å². The molecule has 0 aliphatic carbocycles. The molecule has 2 nitrogen and oxygen atoms in total. The van der Waals surface area contributed by atoms with Crippen LogP contribution in [-0.2, 0) is 4.74 Å². The molecule has 14 heavy (non-hydrogen) atoms. The fourth-order valence-electron chi connectivity index (χ4n) is 2.00. The largest absolute Gasteiger partial charge is 0.374 e. The Morgan fingerprint density at radius 2 is 2.21 bits per heavy atom. The third kappa shape index (κ3) is 4.97. The summed E-state index contributed by atoms with van der Waals surface area (Å²) in [5.41, 5.74) is 0. The summed E-state index contributed by atoms with van der Waals surface area (Å²) in [6.45, 7) is 6.65. The third-order valence-electron chi connectivity index (χ3n) is 2.90. The second kappa shape index (κ2) is 7.24. The van der Waals surface area contributed by atoms with Crippen molar-refractivity contribution in [1.29, 1.82) is 0 Å². The minimum Gasteiger partial charge on any atom is -0.374 e. The van der Waals surface area contributed by atoms with Crippen LogP contribution in [0.2, 0.25) is 0 Å². The Morgan fingerprint density at radius 3 is 2.86 bits per heavy atom. The van der Waals surface area contributed by atoms with Crippen molar-refractivity contribution in [3.63, 3.8) is 0 Å². The average molecular weight is 199 g/mol. The molecule has 1 fully saturated rings. The lowest BCUT2D eigenvalue weighted by Gasteiger charge is -2.17. The van der Waals surface area contributed by atoms with E-state index in [4.69, 9.17) is 4.74 Å². The van der Waals surface area contributed by atoms with Gasteiger partial charge >= 0.3 is 0 Å². The van der Waals surface area contributed by atoms with E-state index >= 15 is 0 Å². The molecule has 1 rings (SSSR count). The average Bonchev–Trinajstić information content (AvgIpc) is 2.65. The van der Waals surface area contributed by atoms with Crippen molar-refractivity contribution in [2.45, 2.75) is 64.6 Å². The summed E-state index contributed by atoms with van der Waals surface area (Å²) in [4.78, 5) is 0. The first-order chi connectivity index (χ1) is 6.83. The van der Waals surface area contributed by atoms with Gasteiger partial charge in [-0.15, -0.1) is 0 Å². The van der Waals surface area contributed by atoms with Gasteiger partial charge in [0.25, 0.3) is 0 Å². The van der Waals surface area contributed by atoms with Crippen LogP contribution in [0.3, 0.4) is 0 Å². The lowest BCUT2D eigenvalue weighted by molar-refractivity contribution is 0.00403. The predicted molar refractivity (Wildman–Crippen MR) is 60.6 cm³/mol. The van der Waals surface area contributed by atoms with Crippen molar-refractivity contribution in [1.82, 2.24) is 5.32 Å². The minimum absolute atomic E-state index is 0.455. The molecule has 2 atom stereocenters. The van der Waals surface area contributed by atoms with E-state index in [0.717, 1.165) is 13.1 Å². The van der Waals surface area contributed by atoms with E-state index in [1.807, 2.05) is 0 Å². The molecule has 0 radical (unpaired) electrons. The molecular formula is C12H25NO. The van der Waals surface area contributed by atoms with Crippen LogP contribution in [0, 0.1) is 0 Å². The molecule has 0 aromatic carbocycles. The lowest BCUT2D eigenvalue weighted by atomic mass is 10.1. The molecule has 1 heterocycles. The maximum absolute atomic E-state index is 5.93. The van der Waals surface area contributed by atoms with Crippen LogP contribution in [0.15, 0.2) is 0 Å². The van der Waals surface area contributed by atoms with E-state index in [0.29, 0.717) is 12.2 Å². The highest BCUT2D eigenvalue weighted by atomic mass is 16.5. The summed E-state index contributed by atoms with van der Waals surface area (Å²) in [7, 11) is 0. The fraction of sp³-hybridized carbons (Fsp3) is 1.00. The van der Waals surface area contributed by atoms with Crippen molar-refractivity contribution >= 4 is 0 Å². The smallest absolute Gasteiger partial charge is 0.0715 e. The fourth-order valence-corrected chi connectivity index (χ4v) is 2.00. The summed E-state index contributed by atoms with van der Waals surface area (Å²) in [6, 6.07) is 0. The molecule has 2 heteroatoms. The van der Waals surface area contributed by atoms with Gasteiger partial charge < -0.3 is 10.1 Å². The highest BCUT2D eigenvalue weighted by molar-refractivity contribution is 4.72. The first kappa shape index (κ1) is 12.0. The maximum Gasteiger partial charge on any atom is 0.0715 e. The Bertz CT molecular complexity index is 132. The second-order valence-corrected chi connectivity index (χ2v) is 4.41. The summed E-state index contributed by atoms with van der Waals surface area (Å²) in [5.74, 6) is 0. The van der Waals surface area contributed by atoms with Crippen molar-refractivity contribution in [2.24, 2.45) is 0 Å².